The van der Waals surface area contributed by atoms with Crippen molar-refractivity contribution in [3.05, 3.63) is 41.7 Å². The molecule has 0 radical (unpaired) electrons. The molecule has 1 unspecified atom stereocenters. The maximum atomic E-state index is 13.2. The molecule has 0 aromatic heterocycles. The third kappa shape index (κ3) is 4.58. The summed E-state index contributed by atoms with van der Waals surface area (Å²) in [5.74, 6) is -0.786. The van der Waals surface area contributed by atoms with Crippen molar-refractivity contribution in [2.45, 2.75) is 17.9 Å². The molecule has 0 aliphatic carbocycles. The van der Waals surface area contributed by atoms with Gasteiger partial charge in [-0.15, -0.1) is 6.58 Å². The number of nitrogens with zero attached hydrogens (tertiary/aromatic N) is 2. The third-order valence-electron chi connectivity index (χ3n) is 4.15. The van der Waals surface area contributed by atoms with Gasteiger partial charge in [-0.1, -0.05) is 17.7 Å². The number of piperazine rings is 1. The standard InChI is InChI=1S/C16H21ClFN3O3S/c1-3-6-19-16(22)12(2)20-7-9-21(10-8-20)25(23,24)13-4-5-15(18)14(17)11-13/h3-5,11-12H,1,6-10H2,2H3,(H,19,22). The Morgan fingerprint density at radius 3 is 2.60 bits per heavy atom. The van der Waals surface area contributed by atoms with Crippen molar-refractivity contribution < 1.29 is 17.6 Å². The van der Waals surface area contributed by atoms with E-state index < -0.39 is 15.8 Å². The van der Waals surface area contributed by atoms with Crippen molar-refractivity contribution >= 4 is 27.5 Å². The molecule has 1 aromatic rings. The van der Waals surface area contributed by atoms with Gasteiger partial charge in [-0.3, -0.25) is 9.69 Å². The van der Waals surface area contributed by atoms with Crippen molar-refractivity contribution in [3.8, 4) is 0 Å². The maximum Gasteiger partial charge on any atom is 0.243 e. The van der Waals surface area contributed by atoms with Gasteiger partial charge < -0.3 is 5.32 Å². The average molecular weight is 390 g/mol. The Morgan fingerprint density at radius 2 is 2.04 bits per heavy atom. The van der Waals surface area contributed by atoms with E-state index in [1.54, 1.807) is 13.0 Å². The molecular weight excluding hydrogens is 369 g/mol. The van der Waals surface area contributed by atoms with E-state index in [4.69, 9.17) is 11.6 Å². The van der Waals surface area contributed by atoms with Crippen LogP contribution >= 0.6 is 11.6 Å². The number of hydrogen-bond acceptors (Lipinski definition) is 4. The fourth-order valence-electron chi connectivity index (χ4n) is 2.60. The predicted molar refractivity (Wildman–Crippen MR) is 94.4 cm³/mol. The minimum atomic E-state index is -3.74. The second-order valence-electron chi connectivity index (χ2n) is 5.73. The molecule has 1 saturated heterocycles. The fraction of sp³-hybridized carbons (Fsp3) is 0.438. The first kappa shape index (κ1) is 19.8. The smallest absolute Gasteiger partial charge is 0.243 e. The second kappa shape index (κ2) is 8.27. The molecule has 6 nitrogen and oxygen atoms in total. The highest BCUT2D eigenvalue weighted by Gasteiger charge is 2.31. The largest absolute Gasteiger partial charge is 0.351 e. The third-order valence-corrected chi connectivity index (χ3v) is 6.33. The van der Waals surface area contributed by atoms with Crippen LogP contribution in [0.1, 0.15) is 6.92 Å². The van der Waals surface area contributed by atoms with Crippen LogP contribution in [0.5, 0.6) is 0 Å². The lowest BCUT2D eigenvalue weighted by Gasteiger charge is -2.36. The number of benzene rings is 1. The minimum Gasteiger partial charge on any atom is -0.351 e. The summed E-state index contributed by atoms with van der Waals surface area (Å²) in [7, 11) is -3.74. The molecule has 0 saturated carbocycles. The summed E-state index contributed by atoms with van der Waals surface area (Å²) in [6, 6.07) is 3.00. The number of halogens is 2. The van der Waals surface area contributed by atoms with E-state index in [9.17, 15) is 17.6 Å². The molecule has 2 rings (SSSR count). The first-order valence-corrected chi connectivity index (χ1v) is 9.67. The van der Waals surface area contributed by atoms with Crippen LogP contribution in [-0.2, 0) is 14.8 Å². The van der Waals surface area contributed by atoms with Gasteiger partial charge in [-0.05, 0) is 25.1 Å². The Morgan fingerprint density at radius 1 is 1.40 bits per heavy atom. The molecule has 0 spiro atoms. The Balaban J connectivity index is 2.02. The lowest BCUT2D eigenvalue weighted by molar-refractivity contribution is -0.126. The van der Waals surface area contributed by atoms with E-state index in [1.165, 1.54) is 10.4 Å². The first-order valence-electron chi connectivity index (χ1n) is 7.85. The number of nitrogens with one attached hydrogen (secondary N) is 1. The number of hydrogen-bond donors (Lipinski definition) is 1. The summed E-state index contributed by atoms with van der Waals surface area (Å²) >= 11 is 5.68. The molecule has 9 heteroatoms. The van der Waals surface area contributed by atoms with Crippen LogP contribution in [0.4, 0.5) is 4.39 Å². The van der Waals surface area contributed by atoms with E-state index in [0.717, 1.165) is 12.1 Å². The molecule has 1 aromatic carbocycles. The van der Waals surface area contributed by atoms with E-state index in [1.807, 2.05) is 4.90 Å². The normalized spacial score (nSPS) is 17.9. The molecule has 1 N–H and O–H groups in total. The summed E-state index contributed by atoms with van der Waals surface area (Å²) < 4.78 is 39.8. The van der Waals surface area contributed by atoms with Crippen LogP contribution in [0.3, 0.4) is 0 Å². The van der Waals surface area contributed by atoms with Crippen LogP contribution in [0.15, 0.2) is 35.7 Å². The summed E-state index contributed by atoms with van der Waals surface area (Å²) in [5.41, 5.74) is 0. The number of sulfonamides is 1. The van der Waals surface area contributed by atoms with Gasteiger partial charge in [0.1, 0.15) is 5.82 Å². The quantitative estimate of drug-likeness (QED) is 0.748. The van der Waals surface area contributed by atoms with Crippen molar-refractivity contribution in [2.24, 2.45) is 0 Å². The number of amides is 1. The highest BCUT2D eigenvalue weighted by molar-refractivity contribution is 7.89. The topological polar surface area (TPSA) is 69.7 Å². The zero-order valence-electron chi connectivity index (χ0n) is 13.9. The van der Waals surface area contributed by atoms with Gasteiger partial charge in [0.15, 0.2) is 0 Å². The van der Waals surface area contributed by atoms with E-state index in [2.05, 4.69) is 11.9 Å². The van der Waals surface area contributed by atoms with Gasteiger partial charge in [0, 0.05) is 32.7 Å². The van der Waals surface area contributed by atoms with Crippen LogP contribution < -0.4 is 5.32 Å². The van der Waals surface area contributed by atoms with Crippen molar-refractivity contribution in [1.29, 1.82) is 0 Å². The van der Waals surface area contributed by atoms with Gasteiger partial charge in [-0.2, -0.15) is 4.31 Å². The van der Waals surface area contributed by atoms with Crippen LogP contribution in [0, 0.1) is 5.82 Å². The van der Waals surface area contributed by atoms with Crippen LogP contribution in [-0.4, -0.2) is 62.3 Å². The number of carbonyl (C=O) groups is 1. The van der Waals surface area contributed by atoms with Crippen LogP contribution in [0.25, 0.3) is 0 Å². The highest BCUT2D eigenvalue weighted by Crippen LogP contribution is 2.23. The molecule has 1 fully saturated rings. The molecule has 1 amide bonds. The monoisotopic (exact) mass is 389 g/mol. The van der Waals surface area contributed by atoms with Crippen molar-refractivity contribution in [1.82, 2.24) is 14.5 Å². The summed E-state index contributed by atoms with van der Waals surface area (Å²) in [4.78, 5) is 13.9. The van der Waals surface area contributed by atoms with E-state index in [-0.39, 0.29) is 35.0 Å². The van der Waals surface area contributed by atoms with Gasteiger partial charge in [0.05, 0.1) is 16.0 Å². The molecule has 25 heavy (non-hydrogen) atoms. The molecule has 1 atom stereocenters. The number of rotatable bonds is 6. The SMILES string of the molecule is C=CCNC(=O)C(C)N1CCN(S(=O)(=O)c2ccc(F)c(Cl)c2)CC1. The molecule has 1 aliphatic rings. The predicted octanol–water partition coefficient (Wildman–Crippen LogP) is 1.48. The number of carbonyl (C=O) groups excluding carboxylic acids is 1. The zero-order valence-corrected chi connectivity index (χ0v) is 15.5. The second-order valence-corrected chi connectivity index (χ2v) is 8.07. The van der Waals surface area contributed by atoms with Gasteiger partial charge in [0.25, 0.3) is 0 Å². The van der Waals surface area contributed by atoms with Gasteiger partial charge in [-0.25, -0.2) is 12.8 Å². The van der Waals surface area contributed by atoms with Crippen LogP contribution in [0.2, 0.25) is 5.02 Å². The lowest BCUT2D eigenvalue weighted by atomic mass is 10.2. The minimum absolute atomic E-state index is 0.0378. The Kier molecular flexibility index (Phi) is 6.56. The molecule has 138 valence electrons. The van der Waals surface area contributed by atoms with Gasteiger partial charge >= 0.3 is 0 Å². The fourth-order valence-corrected chi connectivity index (χ4v) is 4.30. The Bertz CT molecular complexity index is 749. The average Bonchev–Trinajstić information content (AvgIpc) is 2.61. The lowest BCUT2D eigenvalue weighted by Crippen LogP contribution is -2.54. The Hall–Kier alpha value is -1.48. The molecule has 0 bridgehead atoms. The first-order chi connectivity index (χ1) is 11.8. The highest BCUT2D eigenvalue weighted by atomic mass is 35.5. The molecule has 1 aliphatic heterocycles. The van der Waals surface area contributed by atoms with Crippen molar-refractivity contribution in [2.75, 3.05) is 32.7 Å². The molecular formula is C16H21ClFN3O3S. The van der Waals surface area contributed by atoms with Gasteiger partial charge in [0.2, 0.25) is 15.9 Å². The summed E-state index contributed by atoms with van der Waals surface area (Å²) in [6.45, 7) is 7.07. The zero-order chi connectivity index (χ0) is 18.6. The van der Waals surface area contributed by atoms with E-state index >= 15 is 0 Å². The van der Waals surface area contributed by atoms with E-state index in [0.29, 0.717) is 19.6 Å². The maximum absolute atomic E-state index is 13.2. The summed E-state index contributed by atoms with van der Waals surface area (Å²) in [6.07, 6.45) is 1.60. The summed E-state index contributed by atoms with van der Waals surface area (Å²) in [5, 5.41) is 2.50. The molecule has 1 heterocycles. The Labute approximate surface area is 152 Å². The van der Waals surface area contributed by atoms with Crippen molar-refractivity contribution in [3.63, 3.8) is 0 Å².